The lowest BCUT2D eigenvalue weighted by atomic mass is 10.1. The van der Waals surface area contributed by atoms with Crippen molar-refractivity contribution in [3.8, 4) is 0 Å². The molecule has 0 radical (unpaired) electrons. The minimum atomic E-state index is 0.103. The van der Waals surface area contributed by atoms with E-state index in [1.54, 1.807) is 0 Å². The minimum absolute atomic E-state index is 0.103. The molecule has 136 valence electrons. The highest BCUT2D eigenvalue weighted by Gasteiger charge is 2.22. The molecule has 0 bridgehead atoms. The first-order valence-electron chi connectivity index (χ1n) is 9.22. The predicted molar refractivity (Wildman–Crippen MR) is 95.1 cm³/mol. The molecular formula is C18H32N4O2. The van der Waals surface area contributed by atoms with Gasteiger partial charge in [-0.1, -0.05) is 13.8 Å². The van der Waals surface area contributed by atoms with Crippen molar-refractivity contribution in [3.63, 3.8) is 0 Å². The summed E-state index contributed by atoms with van der Waals surface area (Å²) in [5.41, 5.74) is 3.51. The summed E-state index contributed by atoms with van der Waals surface area (Å²) in [4.78, 5) is 14.4. The largest absolute Gasteiger partial charge is 0.376 e. The monoisotopic (exact) mass is 336 g/mol. The van der Waals surface area contributed by atoms with Gasteiger partial charge in [0.1, 0.15) is 0 Å². The van der Waals surface area contributed by atoms with E-state index in [1.165, 1.54) is 11.3 Å². The Kier molecular flexibility index (Phi) is 7.24. The van der Waals surface area contributed by atoms with Gasteiger partial charge in [0.2, 0.25) is 5.91 Å². The number of amides is 1. The second-order valence-electron chi connectivity index (χ2n) is 6.59. The highest BCUT2D eigenvalue weighted by atomic mass is 16.5. The third-order valence-electron chi connectivity index (χ3n) is 4.65. The summed E-state index contributed by atoms with van der Waals surface area (Å²) in [5.74, 6) is 0.103. The number of ether oxygens (including phenoxy) is 1. The van der Waals surface area contributed by atoms with E-state index in [2.05, 4.69) is 42.6 Å². The first-order chi connectivity index (χ1) is 11.6. The Morgan fingerprint density at radius 3 is 2.79 bits per heavy atom. The van der Waals surface area contributed by atoms with Crippen molar-refractivity contribution >= 4 is 5.91 Å². The van der Waals surface area contributed by atoms with Gasteiger partial charge in [-0.3, -0.25) is 9.48 Å². The summed E-state index contributed by atoms with van der Waals surface area (Å²) in [6.07, 6.45) is 2.08. The maximum atomic E-state index is 12.1. The zero-order valence-electron chi connectivity index (χ0n) is 15.6. The molecule has 1 aromatic rings. The van der Waals surface area contributed by atoms with Crippen molar-refractivity contribution in [1.82, 2.24) is 20.0 Å². The van der Waals surface area contributed by atoms with Crippen molar-refractivity contribution in [3.05, 3.63) is 17.0 Å². The molecule has 1 N–H and O–H groups in total. The lowest BCUT2D eigenvalue weighted by molar-refractivity contribution is -0.121. The highest BCUT2D eigenvalue weighted by Crippen LogP contribution is 2.24. The number of likely N-dealkylation sites (N-methyl/N-ethyl adjacent to an activating group) is 1. The van der Waals surface area contributed by atoms with Crippen molar-refractivity contribution in [2.24, 2.45) is 0 Å². The van der Waals surface area contributed by atoms with E-state index < -0.39 is 0 Å². The van der Waals surface area contributed by atoms with Crippen molar-refractivity contribution in [2.45, 2.75) is 59.6 Å². The van der Waals surface area contributed by atoms with Gasteiger partial charge in [-0.05, 0) is 26.9 Å². The summed E-state index contributed by atoms with van der Waals surface area (Å²) in [7, 11) is 0. The van der Waals surface area contributed by atoms with Crippen LogP contribution in [0.2, 0.25) is 0 Å². The Balaban J connectivity index is 1.86. The van der Waals surface area contributed by atoms with E-state index in [-0.39, 0.29) is 5.91 Å². The van der Waals surface area contributed by atoms with E-state index in [4.69, 9.17) is 9.84 Å². The quantitative estimate of drug-likeness (QED) is 0.748. The Hall–Kier alpha value is -1.40. The number of aromatic nitrogens is 2. The van der Waals surface area contributed by atoms with E-state index in [0.717, 1.165) is 38.4 Å². The van der Waals surface area contributed by atoms with Crippen LogP contribution in [0.3, 0.4) is 0 Å². The van der Waals surface area contributed by atoms with Crippen LogP contribution in [0, 0.1) is 0 Å². The molecule has 1 aliphatic rings. The number of carbonyl (C=O) groups is 1. The molecule has 2 heterocycles. The smallest absolute Gasteiger partial charge is 0.220 e. The Labute approximate surface area is 145 Å². The van der Waals surface area contributed by atoms with E-state index >= 15 is 0 Å². The Morgan fingerprint density at radius 2 is 2.12 bits per heavy atom. The van der Waals surface area contributed by atoms with Gasteiger partial charge < -0.3 is 15.0 Å². The number of nitrogens with zero attached hydrogens (tertiary/aromatic N) is 3. The number of fused-ring (bicyclic) bond motifs is 1. The molecule has 1 amide bonds. The van der Waals surface area contributed by atoms with Gasteiger partial charge in [0.15, 0.2) is 0 Å². The topological polar surface area (TPSA) is 59.4 Å². The van der Waals surface area contributed by atoms with Crippen LogP contribution in [0.5, 0.6) is 0 Å². The Bertz CT molecular complexity index is 535. The summed E-state index contributed by atoms with van der Waals surface area (Å²) < 4.78 is 7.70. The molecule has 0 spiro atoms. The summed E-state index contributed by atoms with van der Waals surface area (Å²) in [5, 5.41) is 7.76. The molecule has 24 heavy (non-hydrogen) atoms. The van der Waals surface area contributed by atoms with E-state index in [9.17, 15) is 4.79 Å². The van der Waals surface area contributed by atoms with Crippen LogP contribution in [0.1, 0.15) is 57.1 Å². The maximum Gasteiger partial charge on any atom is 0.220 e. The van der Waals surface area contributed by atoms with Gasteiger partial charge >= 0.3 is 0 Å². The highest BCUT2D eigenvalue weighted by molar-refractivity contribution is 5.76. The van der Waals surface area contributed by atoms with E-state index in [0.29, 0.717) is 32.0 Å². The Morgan fingerprint density at radius 1 is 1.38 bits per heavy atom. The molecule has 0 atom stereocenters. The van der Waals surface area contributed by atoms with Crippen molar-refractivity contribution in [2.75, 3.05) is 32.8 Å². The van der Waals surface area contributed by atoms with Gasteiger partial charge in [0, 0.05) is 49.7 Å². The molecule has 0 aromatic carbocycles. The van der Waals surface area contributed by atoms with E-state index in [1.807, 2.05) is 0 Å². The molecule has 0 fully saturated rings. The first-order valence-corrected chi connectivity index (χ1v) is 9.22. The molecule has 2 rings (SSSR count). The third kappa shape index (κ3) is 4.80. The summed E-state index contributed by atoms with van der Waals surface area (Å²) in [6, 6.07) is 0.341. The predicted octanol–water partition coefficient (Wildman–Crippen LogP) is 1.93. The number of rotatable bonds is 9. The second-order valence-corrected chi connectivity index (χ2v) is 6.59. The minimum Gasteiger partial charge on any atom is -0.376 e. The van der Waals surface area contributed by atoms with Crippen molar-refractivity contribution in [1.29, 1.82) is 0 Å². The lowest BCUT2D eigenvalue weighted by Crippen LogP contribution is -2.34. The molecule has 0 aliphatic carbocycles. The number of hydrogen-bond donors (Lipinski definition) is 1. The van der Waals surface area contributed by atoms with Gasteiger partial charge in [-0.15, -0.1) is 0 Å². The zero-order chi connectivity index (χ0) is 17.5. The van der Waals surface area contributed by atoms with Gasteiger partial charge in [-0.25, -0.2) is 0 Å². The van der Waals surface area contributed by atoms with Gasteiger partial charge in [0.05, 0.1) is 18.9 Å². The fourth-order valence-corrected chi connectivity index (χ4v) is 3.17. The second kappa shape index (κ2) is 9.18. The van der Waals surface area contributed by atoms with Gasteiger partial charge in [0.25, 0.3) is 0 Å². The third-order valence-corrected chi connectivity index (χ3v) is 4.65. The summed E-state index contributed by atoms with van der Waals surface area (Å²) >= 11 is 0. The average Bonchev–Trinajstić information content (AvgIpc) is 2.96. The SMILES string of the molecule is CCN(CC)CCNC(=O)CCc1nn(C(C)C)c2c1COCC2. The number of nitrogens with one attached hydrogen (secondary N) is 1. The molecule has 1 aliphatic heterocycles. The van der Waals surface area contributed by atoms with Crippen LogP contribution in [-0.2, 0) is 29.0 Å². The molecule has 1 aromatic heterocycles. The van der Waals surface area contributed by atoms with Crippen LogP contribution < -0.4 is 5.32 Å². The molecular weight excluding hydrogens is 304 g/mol. The number of aryl methyl sites for hydroxylation is 1. The van der Waals surface area contributed by atoms with Crippen LogP contribution >= 0.6 is 0 Å². The van der Waals surface area contributed by atoms with Crippen LogP contribution in [-0.4, -0.2) is 53.4 Å². The fourth-order valence-electron chi connectivity index (χ4n) is 3.17. The van der Waals surface area contributed by atoms with Crippen LogP contribution in [0.25, 0.3) is 0 Å². The summed E-state index contributed by atoms with van der Waals surface area (Å²) in [6.45, 7) is 13.6. The first kappa shape index (κ1) is 18.9. The van der Waals surface area contributed by atoms with Gasteiger partial charge in [-0.2, -0.15) is 5.10 Å². The zero-order valence-corrected chi connectivity index (χ0v) is 15.6. The normalized spacial score (nSPS) is 14.2. The maximum absolute atomic E-state index is 12.1. The standard InChI is InChI=1S/C18H32N4O2/c1-5-21(6-2)11-10-19-18(23)8-7-16-15-13-24-12-9-17(15)22(20-16)14(3)4/h14H,5-13H2,1-4H3,(H,19,23). The van der Waals surface area contributed by atoms with Crippen LogP contribution in [0.15, 0.2) is 0 Å². The molecule has 0 saturated carbocycles. The molecule has 0 saturated heterocycles. The molecule has 0 unspecified atom stereocenters. The number of hydrogen-bond acceptors (Lipinski definition) is 4. The molecule has 6 heteroatoms. The van der Waals surface area contributed by atoms with Crippen LogP contribution in [0.4, 0.5) is 0 Å². The van der Waals surface area contributed by atoms with Crippen molar-refractivity contribution < 1.29 is 9.53 Å². The number of carbonyl (C=O) groups excluding carboxylic acids is 1. The lowest BCUT2D eigenvalue weighted by Gasteiger charge is -2.18. The molecule has 6 nitrogen and oxygen atoms in total. The average molecular weight is 336 g/mol. The fraction of sp³-hybridized carbons (Fsp3) is 0.778.